The topological polar surface area (TPSA) is 28.6 Å². The van der Waals surface area contributed by atoms with Gasteiger partial charge in [-0.05, 0) is 25.0 Å². The summed E-state index contributed by atoms with van der Waals surface area (Å²) in [5.74, 6) is 0.626. The average Bonchev–Trinajstić information content (AvgIpc) is 2.52. The fourth-order valence-electron chi connectivity index (χ4n) is 2.70. The molecule has 0 amide bonds. The number of hydrogen-bond donors (Lipinski definition) is 0. The van der Waals surface area contributed by atoms with Gasteiger partial charge in [-0.1, -0.05) is 19.9 Å². The van der Waals surface area contributed by atoms with Gasteiger partial charge >= 0.3 is 0 Å². The van der Waals surface area contributed by atoms with Crippen LogP contribution in [-0.2, 0) is 4.74 Å². The van der Waals surface area contributed by atoms with Gasteiger partial charge in [0.25, 0.3) is 0 Å². The van der Waals surface area contributed by atoms with Gasteiger partial charge in [0.15, 0.2) is 0 Å². The van der Waals surface area contributed by atoms with E-state index in [-0.39, 0.29) is 0 Å². The second kappa shape index (κ2) is 8.47. The maximum Gasteiger partial charge on any atom is 0.0593 e. The molecule has 0 spiro atoms. The van der Waals surface area contributed by atoms with E-state index in [9.17, 15) is 0 Å². The molecule has 1 aromatic heterocycles. The first-order valence-electron chi connectivity index (χ1n) is 8.12. The number of aromatic nitrogens is 1. The Morgan fingerprint density at radius 1 is 1.14 bits per heavy atom. The van der Waals surface area contributed by atoms with E-state index < -0.39 is 0 Å². The Balaban J connectivity index is 1.68. The van der Waals surface area contributed by atoms with Gasteiger partial charge in [-0.2, -0.15) is 0 Å². The van der Waals surface area contributed by atoms with Gasteiger partial charge < -0.3 is 4.74 Å². The van der Waals surface area contributed by atoms with Gasteiger partial charge in [-0.25, -0.2) is 0 Å². The highest BCUT2D eigenvalue weighted by molar-refractivity contribution is 5.08. The first kappa shape index (κ1) is 16.4. The van der Waals surface area contributed by atoms with Crippen molar-refractivity contribution in [2.75, 3.05) is 45.9 Å². The lowest BCUT2D eigenvalue weighted by molar-refractivity contribution is 0.0548. The molecule has 0 aliphatic carbocycles. The highest BCUT2D eigenvalue weighted by atomic mass is 16.5. The van der Waals surface area contributed by atoms with Crippen molar-refractivity contribution in [3.05, 3.63) is 30.1 Å². The lowest BCUT2D eigenvalue weighted by atomic mass is 10.1. The van der Waals surface area contributed by atoms with E-state index in [1.165, 1.54) is 5.69 Å². The van der Waals surface area contributed by atoms with E-state index in [2.05, 4.69) is 47.7 Å². The summed E-state index contributed by atoms with van der Waals surface area (Å²) >= 11 is 0. The first-order valence-corrected chi connectivity index (χ1v) is 8.12. The fourth-order valence-corrected chi connectivity index (χ4v) is 2.70. The van der Waals surface area contributed by atoms with Crippen LogP contribution in [0.3, 0.4) is 0 Å². The van der Waals surface area contributed by atoms with Crippen molar-refractivity contribution in [1.82, 2.24) is 14.8 Å². The number of ether oxygens (including phenoxy) is 1. The van der Waals surface area contributed by atoms with Crippen molar-refractivity contribution in [3.63, 3.8) is 0 Å². The lowest BCUT2D eigenvalue weighted by Gasteiger charge is -2.37. The predicted molar refractivity (Wildman–Crippen MR) is 86.3 cm³/mol. The minimum Gasteiger partial charge on any atom is -0.380 e. The van der Waals surface area contributed by atoms with E-state index >= 15 is 0 Å². The van der Waals surface area contributed by atoms with Crippen LogP contribution in [0.1, 0.15) is 32.5 Å². The molecule has 0 radical (unpaired) electrons. The summed E-state index contributed by atoms with van der Waals surface area (Å²) in [6, 6.07) is 6.58. The summed E-state index contributed by atoms with van der Waals surface area (Å²) in [6.07, 6.45) is 1.88. The summed E-state index contributed by atoms with van der Waals surface area (Å²) in [5, 5.41) is 0. The second-order valence-electron chi connectivity index (χ2n) is 6.28. The largest absolute Gasteiger partial charge is 0.380 e. The zero-order valence-electron chi connectivity index (χ0n) is 13.7. The molecule has 1 saturated heterocycles. The molecule has 118 valence electrons. The molecule has 1 aromatic rings. The zero-order chi connectivity index (χ0) is 15.1. The molecule has 1 fully saturated rings. The third kappa shape index (κ3) is 5.38. The van der Waals surface area contributed by atoms with Crippen LogP contribution in [0.15, 0.2) is 24.4 Å². The van der Waals surface area contributed by atoms with Crippen LogP contribution in [-0.4, -0.2) is 60.7 Å². The molecule has 0 saturated carbocycles. The second-order valence-corrected chi connectivity index (χ2v) is 6.28. The maximum atomic E-state index is 5.68. The van der Waals surface area contributed by atoms with Crippen molar-refractivity contribution in [3.8, 4) is 0 Å². The van der Waals surface area contributed by atoms with Gasteiger partial charge in [0.1, 0.15) is 0 Å². The Morgan fingerprint density at radius 2 is 1.90 bits per heavy atom. The fraction of sp³-hybridized carbons (Fsp3) is 0.706. The highest BCUT2D eigenvalue weighted by Gasteiger charge is 2.22. The van der Waals surface area contributed by atoms with Crippen LogP contribution < -0.4 is 0 Å². The summed E-state index contributed by atoms with van der Waals surface area (Å²) in [7, 11) is 0. The molecule has 1 unspecified atom stereocenters. The van der Waals surface area contributed by atoms with Crippen LogP contribution in [0.5, 0.6) is 0 Å². The van der Waals surface area contributed by atoms with E-state index in [0.717, 1.165) is 45.9 Å². The van der Waals surface area contributed by atoms with Crippen molar-refractivity contribution in [2.24, 2.45) is 5.92 Å². The maximum absolute atomic E-state index is 5.68. The molecule has 2 heterocycles. The summed E-state index contributed by atoms with van der Waals surface area (Å²) < 4.78 is 5.68. The Labute approximate surface area is 129 Å². The molecule has 21 heavy (non-hydrogen) atoms. The Morgan fingerprint density at radius 3 is 2.52 bits per heavy atom. The van der Waals surface area contributed by atoms with Gasteiger partial charge in [0.2, 0.25) is 0 Å². The smallest absolute Gasteiger partial charge is 0.0593 e. The lowest BCUT2D eigenvalue weighted by Crippen LogP contribution is -2.48. The number of hydrogen-bond acceptors (Lipinski definition) is 4. The molecule has 2 rings (SSSR count). The number of rotatable bonds is 7. The molecule has 0 bridgehead atoms. The molecule has 1 aliphatic heterocycles. The van der Waals surface area contributed by atoms with Crippen LogP contribution in [0.2, 0.25) is 0 Å². The van der Waals surface area contributed by atoms with Crippen LogP contribution >= 0.6 is 0 Å². The van der Waals surface area contributed by atoms with Crippen molar-refractivity contribution in [2.45, 2.75) is 26.8 Å². The number of pyridine rings is 1. The standard InChI is InChI=1S/C17H29N3O/c1-15(2)14-21-13-12-19-8-10-20(11-9-19)16(3)17-6-4-5-7-18-17/h4-7,15-16H,8-14H2,1-3H3. The molecular weight excluding hydrogens is 262 g/mol. The predicted octanol–water partition coefficient (Wildman–Crippen LogP) is 2.43. The number of piperazine rings is 1. The van der Waals surface area contributed by atoms with Crippen molar-refractivity contribution in [1.29, 1.82) is 0 Å². The minimum absolute atomic E-state index is 0.408. The third-order valence-electron chi connectivity index (χ3n) is 4.07. The molecule has 4 heteroatoms. The van der Waals surface area contributed by atoms with Gasteiger partial charge in [-0.15, -0.1) is 0 Å². The number of nitrogens with zero attached hydrogens (tertiary/aromatic N) is 3. The molecule has 1 aliphatic rings. The highest BCUT2D eigenvalue weighted by Crippen LogP contribution is 2.19. The van der Waals surface area contributed by atoms with Crippen LogP contribution in [0.25, 0.3) is 0 Å². The van der Waals surface area contributed by atoms with Crippen LogP contribution in [0.4, 0.5) is 0 Å². The normalized spacial score (nSPS) is 19.0. The van der Waals surface area contributed by atoms with E-state index in [4.69, 9.17) is 4.74 Å². The molecule has 0 N–H and O–H groups in total. The molecular formula is C17H29N3O. The SMILES string of the molecule is CC(C)COCCN1CCN(C(C)c2ccccn2)CC1. The van der Waals surface area contributed by atoms with Crippen molar-refractivity contribution >= 4 is 0 Å². The third-order valence-corrected chi connectivity index (χ3v) is 4.07. The average molecular weight is 291 g/mol. The summed E-state index contributed by atoms with van der Waals surface area (Å²) in [5.41, 5.74) is 1.17. The van der Waals surface area contributed by atoms with E-state index in [1.54, 1.807) is 0 Å². The molecule has 0 aromatic carbocycles. The van der Waals surface area contributed by atoms with E-state index in [0.29, 0.717) is 12.0 Å². The van der Waals surface area contributed by atoms with Crippen LogP contribution in [0, 0.1) is 5.92 Å². The first-order chi connectivity index (χ1) is 10.2. The molecule has 4 nitrogen and oxygen atoms in total. The monoisotopic (exact) mass is 291 g/mol. The Hall–Kier alpha value is -0.970. The molecule has 1 atom stereocenters. The Kier molecular flexibility index (Phi) is 6.61. The van der Waals surface area contributed by atoms with Crippen molar-refractivity contribution < 1.29 is 4.74 Å². The Bertz CT molecular complexity index is 388. The van der Waals surface area contributed by atoms with Gasteiger partial charge in [0, 0.05) is 51.6 Å². The summed E-state index contributed by atoms with van der Waals surface area (Å²) in [4.78, 5) is 9.50. The van der Waals surface area contributed by atoms with Gasteiger partial charge in [-0.3, -0.25) is 14.8 Å². The minimum atomic E-state index is 0.408. The zero-order valence-corrected chi connectivity index (χ0v) is 13.7. The van der Waals surface area contributed by atoms with E-state index in [1.807, 2.05) is 12.3 Å². The quantitative estimate of drug-likeness (QED) is 0.722. The van der Waals surface area contributed by atoms with Gasteiger partial charge in [0.05, 0.1) is 12.3 Å². The summed E-state index contributed by atoms with van der Waals surface area (Å²) in [6.45, 7) is 13.9.